The van der Waals surface area contributed by atoms with Crippen LogP contribution in [0.2, 0.25) is 0 Å². The van der Waals surface area contributed by atoms with E-state index >= 15 is 0 Å². The molecule has 4 nitrogen and oxygen atoms in total. The van der Waals surface area contributed by atoms with Crippen molar-refractivity contribution in [2.24, 2.45) is 0 Å². The number of benzene rings is 2. The zero-order chi connectivity index (χ0) is 16.1. The van der Waals surface area contributed by atoms with E-state index < -0.39 is 0 Å². The number of para-hydroxylation sites is 1. The van der Waals surface area contributed by atoms with Gasteiger partial charge in [0.1, 0.15) is 0 Å². The van der Waals surface area contributed by atoms with Crippen molar-refractivity contribution in [1.29, 1.82) is 0 Å². The first-order chi connectivity index (χ1) is 11.3. The van der Waals surface area contributed by atoms with Crippen LogP contribution in [-0.4, -0.2) is 17.9 Å². The molecule has 0 radical (unpaired) electrons. The molecule has 23 heavy (non-hydrogen) atoms. The lowest BCUT2D eigenvalue weighted by molar-refractivity contribution is 0.0963. The van der Waals surface area contributed by atoms with Gasteiger partial charge in [0.15, 0.2) is 0 Å². The van der Waals surface area contributed by atoms with E-state index in [1.54, 1.807) is 7.05 Å². The van der Waals surface area contributed by atoms with Gasteiger partial charge in [-0.25, -0.2) is 0 Å². The summed E-state index contributed by atoms with van der Waals surface area (Å²) in [4.78, 5) is 16.0. The average Bonchev–Trinajstić information content (AvgIpc) is 2.62. The Hall–Kier alpha value is -2.72. The highest BCUT2D eigenvalue weighted by Gasteiger charge is 2.03. The maximum absolute atomic E-state index is 11.5. The van der Waals surface area contributed by atoms with Gasteiger partial charge in [-0.05, 0) is 29.3 Å². The molecule has 3 aromatic rings. The van der Waals surface area contributed by atoms with Crippen molar-refractivity contribution in [2.45, 2.75) is 13.1 Å². The first-order valence-corrected chi connectivity index (χ1v) is 7.62. The zero-order valence-corrected chi connectivity index (χ0v) is 13.0. The molecule has 4 heteroatoms. The molecule has 1 aromatic heterocycles. The fourth-order valence-corrected chi connectivity index (χ4v) is 2.57. The van der Waals surface area contributed by atoms with Crippen molar-refractivity contribution in [1.82, 2.24) is 15.6 Å². The van der Waals surface area contributed by atoms with Crippen LogP contribution in [0.3, 0.4) is 0 Å². The molecule has 1 amide bonds. The largest absolute Gasteiger partial charge is 0.355 e. The molecule has 0 aliphatic heterocycles. The lowest BCUT2D eigenvalue weighted by Crippen LogP contribution is -2.18. The van der Waals surface area contributed by atoms with E-state index in [1.165, 1.54) is 5.56 Å². The molecule has 0 unspecified atom stereocenters. The number of hydrogen-bond acceptors (Lipinski definition) is 3. The second kappa shape index (κ2) is 7.03. The van der Waals surface area contributed by atoms with Crippen molar-refractivity contribution in [3.8, 4) is 0 Å². The predicted octanol–water partition coefficient (Wildman–Crippen LogP) is 2.88. The number of carbonyl (C=O) groups excluding carboxylic acids is 1. The number of carbonyl (C=O) groups is 1. The Kier molecular flexibility index (Phi) is 4.64. The molecular weight excluding hydrogens is 286 g/mol. The molecule has 0 aliphatic rings. The Labute approximate surface area is 135 Å². The number of nitrogens with zero attached hydrogens (tertiary/aromatic N) is 1. The van der Waals surface area contributed by atoms with Gasteiger partial charge in [0.2, 0.25) is 0 Å². The van der Waals surface area contributed by atoms with Gasteiger partial charge < -0.3 is 10.6 Å². The molecule has 0 aliphatic carbocycles. The molecule has 0 bridgehead atoms. The molecule has 0 atom stereocenters. The fraction of sp³-hybridized carbons (Fsp3) is 0.158. The van der Waals surface area contributed by atoms with Crippen LogP contribution in [0.15, 0.2) is 60.8 Å². The fourth-order valence-electron chi connectivity index (χ4n) is 2.57. The second-order valence-corrected chi connectivity index (χ2v) is 5.37. The van der Waals surface area contributed by atoms with Crippen molar-refractivity contribution >= 4 is 16.8 Å². The molecule has 0 spiro atoms. The minimum Gasteiger partial charge on any atom is -0.355 e. The summed E-state index contributed by atoms with van der Waals surface area (Å²) in [6.07, 6.45) is 1.82. The van der Waals surface area contributed by atoms with Gasteiger partial charge in [0.25, 0.3) is 5.91 Å². The topological polar surface area (TPSA) is 54.0 Å². The average molecular weight is 305 g/mol. The summed E-state index contributed by atoms with van der Waals surface area (Å²) >= 11 is 0. The van der Waals surface area contributed by atoms with Crippen LogP contribution in [0.5, 0.6) is 0 Å². The van der Waals surface area contributed by atoms with E-state index in [9.17, 15) is 4.79 Å². The van der Waals surface area contributed by atoms with Crippen LogP contribution in [-0.2, 0) is 13.1 Å². The van der Waals surface area contributed by atoms with Crippen LogP contribution in [0, 0.1) is 0 Å². The summed E-state index contributed by atoms with van der Waals surface area (Å²) in [5.74, 6) is -0.0636. The number of hydrogen-bond donors (Lipinski definition) is 2. The van der Waals surface area contributed by atoms with Gasteiger partial charge in [0, 0.05) is 37.3 Å². The quantitative estimate of drug-likeness (QED) is 0.762. The summed E-state index contributed by atoms with van der Waals surface area (Å²) in [7, 11) is 1.63. The van der Waals surface area contributed by atoms with E-state index in [-0.39, 0.29) is 5.91 Å². The van der Waals surface area contributed by atoms with Gasteiger partial charge in [-0.15, -0.1) is 0 Å². The van der Waals surface area contributed by atoms with Crippen molar-refractivity contribution in [3.05, 3.63) is 77.5 Å². The van der Waals surface area contributed by atoms with Crippen LogP contribution >= 0.6 is 0 Å². The monoisotopic (exact) mass is 305 g/mol. The smallest absolute Gasteiger partial charge is 0.251 e. The van der Waals surface area contributed by atoms with E-state index in [2.05, 4.69) is 39.9 Å². The van der Waals surface area contributed by atoms with Crippen molar-refractivity contribution in [3.63, 3.8) is 0 Å². The molecule has 0 saturated carbocycles. The number of aromatic nitrogens is 1. The van der Waals surface area contributed by atoms with Gasteiger partial charge >= 0.3 is 0 Å². The molecule has 2 N–H and O–H groups in total. The normalized spacial score (nSPS) is 10.7. The predicted molar refractivity (Wildman–Crippen MR) is 92.1 cm³/mol. The first-order valence-electron chi connectivity index (χ1n) is 7.62. The SMILES string of the molecule is CNC(=O)c1ccc(CNCc2cccc3cccnc23)cc1. The maximum Gasteiger partial charge on any atom is 0.251 e. The Morgan fingerprint density at radius 3 is 2.57 bits per heavy atom. The number of nitrogens with one attached hydrogen (secondary N) is 2. The van der Waals surface area contributed by atoms with E-state index in [0.717, 1.165) is 29.6 Å². The Bertz CT molecular complexity index is 807. The van der Waals surface area contributed by atoms with E-state index in [4.69, 9.17) is 0 Å². The molecule has 0 saturated heterocycles. The summed E-state index contributed by atoms with van der Waals surface area (Å²) in [5.41, 5.74) is 4.04. The Morgan fingerprint density at radius 2 is 1.78 bits per heavy atom. The molecule has 2 aromatic carbocycles. The summed E-state index contributed by atoms with van der Waals surface area (Å²) in [6, 6.07) is 17.9. The Morgan fingerprint density at radius 1 is 1.00 bits per heavy atom. The lowest BCUT2D eigenvalue weighted by atomic mass is 10.1. The van der Waals surface area contributed by atoms with Crippen LogP contribution in [0.25, 0.3) is 10.9 Å². The lowest BCUT2D eigenvalue weighted by Gasteiger charge is -2.08. The van der Waals surface area contributed by atoms with Gasteiger partial charge in [-0.1, -0.05) is 36.4 Å². The van der Waals surface area contributed by atoms with Crippen LogP contribution in [0.4, 0.5) is 0 Å². The molecule has 0 fully saturated rings. The number of fused-ring (bicyclic) bond motifs is 1. The number of rotatable bonds is 5. The number of amides is 1. The zero-order valence-electron chi connectivity index (χ0n) is 13.0. The third-order valence-corrected chi connectivity index (χ3v) is 3.80. The highest BCUT2D eigenvalue weighted by atomic mass is 16.1. The minimum atomic E-state index is -0.0636. The first kappa shape index (κ1) is 15.2. The second-order valence-electron chi connectivity index (χ2n) is 5.37. The van der Waals surface area contributed by atoms with Crippen molar-refractivity contribution < 1.29 is 4.79 Å². The van der Waals surface area contributed by atoms with Crippen LogP contribution < -0.4 is 10.6 Å². The molecule has 1 heterocycles. The Balaban J connectivity index is 1.64. The third-order valence-electron chi connectivity index (χ3n) is 3.80. The van der Waals surface area contributed by atoms with E-state index in [0.29, 0.717) is 5.56 Å². The molecule has 116 valence electrons. The summed E-state index contributed by atoms with van der Waals surface area (Å²) in [6.45, 7) is 1.50. The highest BCUT2D eigenvalue weighted by Crippen LogP contribution is 2.15. The minimum absolute atomic E-state index is 0.0636. The highest BCUT2D eigenvalue weighted by molar-refractivity contribution is 5.93. The van der Waals surface area contributed by atoms with Crippen LogP contribution in [0.1, 0.15) is 21.5 Å². The summed E-state index contributed by atoms with van der Waals surface area (Å²) < 4.78 is 0. The van der Waals surface area contributed by atoms with Gasteiger partial charge in [-0.3, -0.25) is 9.78 Å². The summed E-state index contributed by atoms with van der Waals surface area (Å²) in [5, 5.41) is 7.21. The standard InChI is InChI=1S/C19H19N3O/c1-20-19(23)16-9-7-14(8-10-16)12-21-13-17-5-2-4-15-6-3-11-22-18(15)17/h2-11,21H,12-13H2,1H3,(H,20,23). The third kappa shape index (κ3) is 3.55. The van der Waals surface area contributed by atoms with Gasteiger partial charge in [0.05, 0.1) is 5.52 Å². The van der Waals surface area contributed by atoms with Crippen molar-refractivity contribution in [2.75, 3.05) is 7.05 Å². The maximum atomic E-state index is 11.5. The number of pyridine rings is 1. The molecular formula is C19H19N3O. The van der Waals surface area contributed by atoms with Gasteiger partial charge in [-0.2, -0.15) is 0 Å². The van der Waals surface area contributed by atoms with E-state index in [1.807, 2.05) is 36.5 Å². The molecule has 3 rings (SSSR count).